The molecule has 1 fully saturated rings. The van der Waals surface area contributed by atoms with Crippen molar-refractivity contribution in [3.8, 4) is 0 Å². The van der Waals surface area contributed by atoms with Gasteiger partial charge in [-0.25, -0.2) is 8.42 Å². The van der Waals surface area contributed by atoms with Gasteiger partial charge in [0, 0.05) is 45.2 Å². The Labute approximate surface area is 179 Å². The number of hydrogen-bond donors (Lipinski definition) is 0. The lowest BCUT2D eigenvalue weighted by Gasteiger charge is -2.32. The van der Waals surface area contributed by atoms with E-state index in [1.165, 1.54) is 34.8 Å². The van der Waals surface area contributed by atoms with Gasteiger partial charge in [0.1, 0.15) is 0 Å². The monoisotopic (exact) mass is 455 g/mol. The molecule has 0 N–H and O–H groups in total. The van der Waals surface area contributed by atoms with Crippen LogP contribution in [0.25, 0.3) is 0 Å². The molecule has 0 saturated carbocycles. The standard InChI is InChI=1S/C18H22ClN5O5S/c1-21(12-17-16(19)11-20-22(17)2)18(25)13-7-9-23(10-8-13)30(28,29)15-5-3-14(4-6-15)24(26)27/h3-6,11,13H,7-10,12H2,1-2H3. The minimum absolute atomic E-state index is 0.000782. The fourth-order valence-corrected chi connectivity index (χ4v) is 5.16. The van der Waals surface area contributed by atoms with Crippen LogP contribution in [0.4, 0.5) is 5.69 Å². The van der Waals surface area contributed by atoms with Gasteiger partial charge < -0.3 is 4.90 Å². The molecule has 10 nitrogen and oxygen atoms in total. The third kappa shape index (κ3) is 4.47. The van der Waals surface area contributed by atoms with Gasteiger partial charge in [-0.3, -0.25) is 19.6 Å². The molecule has 2 aromatic rings. The number of piperidine rings is 1. The van der Waals surface area contributed by atoms with Crippen LogP contribution in [0.15, 0.2) is 35.4 Å². The number of nitro benzene ring substituents is 1. The van der Waals surface area contributed by atoms with E-state index >= 15 is 0 Å². The summed E-state index contributed by atoms with van der Waals surface area (Å²) in [6.45, 7) is 0.724. The maximum Gasteiger partial charge on any atom is 0.269 e. The molecule has 1 amide bonds. The molecule has 1 aliphatic rings. The van der Waals surface area contributed by atoms with E-state index in [1.807, 2.05) is 0 Å². The number of nitrogens with zero attached hydrogens (tertiary/aromatic N) is 5. The van der Waals surface area contributed by atoms with Gasteiger partial charge in [-0.15, -0.1) is 0 Å². The summed E-state index contributed by atoms with van der Waals surface area (Å²) in [5.41, 5.74) is 0.556. The maximum atomic E-state index is 12.8. The van der Waals surface area contributed by atoms with Crippen molar-refractivity contribution < 1.29 is 18.1 Å². The van der Waals surface area contributed by atoms with Crippen molar-refractivity contribution in [3.05, 3.63) is 51.3 Å². The molecule has 0 atom stereocenters. The summed E-state index contributed by atoms with van der Waals surface area (Å²) in [6.07, 6.45) is 2.32. The zero-order chi connectivity index (χ0) is 22.1. The number of rotatable bonds is 6. The molecule has 1 saturated heterocycles. The number of nitro groups is 1. The largest absolute Gasteiger partial charge is 0.340 e. The number of hydrogen-bond acceptors (Lipinski definition) is 6. The van der Waals surface area contributed by atoms with Crippen LogP contribution in [-0.4, -0.2) is 58.4 Å². The number of halogens is 1. The van der Waals surface area contributed by atoms with Crippen LogP contribution in [0.1, 0.15) is 18.5 Å². The lowest BCUT2D eigenvalue weighted by Crippen LogP contribution is -2.43. The number of sulfonamides is 1. The predicted octanol–water partition coefficient (Wildman–Crippen LogP) is 2.04. The maximum absolute atomic E-state index is 12.8. The van der Waals surface area contributed by atoms with Crippen molar-refractivity contribution in [2.24, 2.45) is 13.0 Å². The number of carbonyl (C=O) groups is 1. The number of aryl methyl sites for hydroxylation is 1. The van der Waals surface area contributed by atoms with Gasteiger partial charge in [0.15, 0.2) is 0 Å². The number of carbonyl (C=O) groups excluding carboxylic acids is 1. The summed E-state index contributed by atoms with van der Waals surface area (Å²) in [4.78, 5) is 24.5. The van der Waals surface area contributed by atoms with Crippen LogP contribution < -0.4 is 0 Å². The molecule has 0 spiro atoms. The summed E-state index contributed by atoms with van der Waals surface area (Å²) in [5.74, 6) is -0.357. The Morgan fingerprint density at radius 1 is 1.30 bits per heavy atom. The first-order valence-electron chi connectivity index (χ1n) is 9.27. The second kappa shape index (κ2) is 8.70. The Kier molecular flexibility index (Phi) is 6.44. The molecule has 1 aliphatic heterocycles. The highest BCUT2D eigenvalue weighted by atomic mass is 35.5. The summed E-state index contributed by atoms with van der Waals surface area (Å²) in [7, 11) is -0.332. The first kappa shape index (κ1) is 22.2. The Morgan fingerprint density at radius 3 is 2.40 bits per heavy atom. The highest BCUT2D eigenvalue weighted by molar-refractivity contribution is 7.89. The smallest absolute Gasteiger partial charge is 0.269 e. The van der Waals surface area contributed by atoms with Gasteiger partial charge in [-0.2, -0.15) is 9.40 Å². The Bertz CT molecular complexity index is 1030. The van der Waals surface area contributed by atoms with Crippen molar-refractivity contribution in [1.29, 1.82) is 0 Å². The first-order valence-corrected chi connectivity index (χ1v) is 11.1. The van der Waals surface area contributed by atoms with E-state index in [1.54, 1.807) is 23.7 Å². The third-order valence-electron chi connectivity index (χ3n) is 5.26. The average Bonchev–Trinajstić information content (AvgIpc) is 3.05. The van der Waals surface area contributed by atoms with Gasteiger partial charge in [0.05, 0.1) is 33.3 Å². The molecule has 30 heavy (non-hydrogen) atoms. The number of benzene rings is 1. The summed E-state index contributed by atoms with van der Waals surface area (Å²) in [6, 6.07) is 4.80. The molecule has 0 unspecified atom stereocenters. The Morgan fingerprint density at radius 2 is 1.90 bits per heavy atom. The third-order valence-corrected chi connectivity index (χ3v) is 7.49. The Balaban J connectivity index is 1.62. The van der Waals surface area contributed by atoms with Crippen LogP contribution in [0.2, 0.25) is 5.02 Å². The van der Waals surface area contributed by atoms with Gasteiger partial charge >= 0.3 is 0 Å². The van der Waals surface area contributed by atoms with Crippen LogP contribution in [0.5, 0.6) is 0 Å². The van der Waals surface area contributed by atoms with E-state index in [0.717, 1.165) is 5.69 Å². The van der Waals surface area contributed by atoms with Crippen LogP contribution in [0, 0.1) is 16.0 Å². The second-order valence-electron chi connectivity index (χ2n) is 7.19. The topological polar surface area (TPSA) is 119 Å². The molecule has 0 bridgehead atoms. The molecule has 0 aliphatic carbocycles. The van der Waals surface area contributed by atoms with E-state index in [0.29, 0.717) is 24.4 Å². The van der Waals surface area contributed by atoms with E-state index in [2.05, 4.69) is 5.10 Å². The summed E-state index contributed by atoms with van der Waals surface area (Å²) < 4.78 is 28.5. The molecule has 1 aromatic carbocycles. The van der Waals surface area contributed by atoms with Gasteiger partial charge in [-0.05, 0) is 25.0 Å². The van der Waals surface area contributed by atoms with Gasteiger partial charge in [0.25, 0.3) is 5.69 Å². The zero-order valence-electron chi connectivity index (χ0n) is 16.6. The van der Waals surface area contributed by atoms with E-state index in [4.69, 9.17) is 11.6 Å². The predicted molar refractivity (Wildman–Crippen MR) is 109 cm³/mol. The van der Waals surface area contributed by atoms with E-state index < -0.39 is 14.9 Å². The number of aromatic nitrogens is 2. The highest BCUT2D eigenvalue weighted by Crippen LogP contribution is 2.26. The Hall–Kier alpha value is -2.50. The average molecular weight is 456 g/mol. The van der Waals surface area contributed by atoms with Crippen molar-refractivity contribution in [3.63, 3.8) is 0 Å². The molecule has 3 rings (SSSR count). The molecule has 162 valence electrons. The number of non-ortho nitro benzene ring substituents is 1. The molecule has 1 aromatic heterocycles. The molecular formula is C18H22ClN5O5S. The van der Waals surface area contributed by atoms with Crippen molar-refractivity contribution in [1.82, 2.24) is 19.0 Å². The fourth-order valence-electron chi connectivity index (χ4n) is 3.46. The van der Waals surface area contributed by atoms with Crippen LogP contribution in [-0.2, 0) is 28.4 Å². The van der Waals surface area contributed by atoms with Crippen molar-refractivity contribution >= 4 is 33.2 Å². The fraction of sp³-hybridized carbons (Fsp3) is 0.444. The van der Waals surface area contributed by atoms with Gasteiger partial charge in [0.2, 0.25) is 15.9 Å². The van der Waals surface area contributed by atoms with E-state index in [9.17, 15) is 23.3 Å². The minimum atomic E-state index is -3.77. The van der Waals surface area contributed by atoms with Crippen LogP contribution >= 0.6 is 11.6 Å². The van der Waals surface area contributed by atoms with Crippen LogP contribution in [0.3, 0.4) is 0 Å². The highest BCUT2D eigenvalue weighted by Gasteiger charge is 2.33. The quantitative estimate of drug-likeness (QED) is 0.485. The first-order chi connectivity index (χ1) is 14.1. The van der Waals surface area contributed by atoms with E-state index in [-0.39, 0.29) is 35.5 Å². The lowest BCUT2D eigenvalue weighted by atomic mass is 9.96. The summed E-state index contributed by atoms with van der Waals surface area (Å²) >= 11 is 6.10. The normalized spacial score (nSPS) is 15.8. The lowest BCUT2D eigenvalue weighted by molar-refractivity contribution is -0.384. The molecule has 12 heteroatoms. The summed E-state index contributed by atoms with van der Waals surface area (Å²) in [5, 5.41) is 15.3. The molecule has 0 radical (unpaired) electrons. The molecule has 2 heterocycles. The minimum Gasteiger partial charge on any atom is -0.340 e. The van der Waals surface area contributed by atoms with Crippen molar-refractivity contribution in [2.75, 3.05) is 20.1 Å². The molecular weight excluding hydrogens is 434 g/mol. The van der Waals surface area contributed by atoms with Gasteiger partial charge in [-0.1, -0.05) is 11.6 Å². The zero-order valence-corrected chi connectivity index (χ0v) is 18.1. The SMILES string of the molecule is CN(Cc1c(Cl)cnn1C)C(=O)C1CCN(S(=O)(=O)c2ccc([N+](=O)[O-])cc2)CC1. The van der Waals surface area contributed by atoms with Crippen molar-refractivity contribution in [2.45, 2.75) is 24.3 Å². The second-order valence-corrected chi connectivity index (χ2v) is 9.53. The number of amides is 1.